The summed E-state index contributed by atoms with van der Waals surface area (Å²) >= 11 is 0. The van der Waals surface area contributed by atoms with Crippen molar-refractivity contribution in [3.05, 3.63) is 0 Å². The van der Waals surface area contributed by atoms with Gasteiger partial charge in [-0.2, -0.15) is 0 Å². The molecule has 2 heteroatoms. The third kappa shape index (κ3) is 2.17. The van der Waals surface area contributed by atoms with Crippen molar-refractivity contribution in [1.29, 1.82) is 0 Å². The minimum Gasteiger partial charge on any atom is -0.384 e. The van der Waals surface area contributed by atoms with Crippen molar-refractivity contribution in [3.63, 3.8) is 0 Å². The van der Waals surface area contributed by atoms with Crippen LogP contribution in [0.2, 0.25) is 0 Å². The zero-order valence-corrected chi connectivity index (χ0v) is 7.84. The van der Waals surface area contributed by atoms with Gasteiger partial charge in [-0.15, -0.1) is 0 Å². The van der Waals surface area contributed by atoms with Crippen molar-refractivity contribution >= 4 is 0 Å². The van der Waals surface area contributed by atoms with E-state index in [4.69, 9.17) is 4.74 Å². The summed E-state index contributed by atoms with van der Waals surface area (Å²) in [5, 5.41) is 0. The Morgan fingerprint density at radius 3 is 2.73 bits per heavy atom. The van der Waals surface area contributed by atoms with Crippen molar-refractivity contribution < 1.29 is 4.74 Å². The van der Waals surface area contributed by atoms with Crippen LogP contribution in [0, 0.1) is 5.92 Å². The van der Waals surface area contributed by atoms with Crippen LogP contribution < -0.4 is 0 Å². The average Bonchev–Trinajstić information content (AvgIpc) is 2.32. The van der Waals surface area contributed by atoms with Crippen LogP contribution in [-0.4, -0.2) is 38.3 Å². The van der Waals surface area contributed by atoms with Crippen molar-refractivity contribution in [3.8, 4) is 0 Å². The maximum Gasteiger partial charge on any atom is 0.0503 e. The van der Waals surface area contributed by atoms with Crippen LogP contribution in [0.4, 0.5) is 0 Å². The van der Waals surface area contributed by atoms with Crippen LogP contribution in [0.1, 0.15) is 19.8 Å². The number of hydrogen-bond acceptors (Lipinski definition) is 2. The maximum atomic E-state index is 5.14. The Labute approximate surface area is 69.5 Å². The van der Waals surface area contributed by atoms with E-state index >= 15 is 0 Å². The molecule has 0 aromatic rings. The fourth-order valence-corrected chi connectivity index (χ4v) is 2.03. The zero-order chi connectivity index (χ0) is 8.27. The summed E-state index contributed by atoms with van der Waals surface area (Å²) in [7, 11) is 4.00. The Bertz CT molecular complexity index is 116. The summed E-state index contributed by atoms with van der Waals surface area (Å²) in [4.78, 5) is 2.45. The second kappa shape index (κ2) is 4.07. The molecule has 11 heavy (non-hydrogen) atoms. The lowest BCUT2D eigenvalue weighted by Crippen LogP contribution is -2.24. The summed E-state index contributed by atoms with van der Waals surface area (Å²) in [6, 6.07) is 0.801. The van der Waals surface area contributed by atoms with Gasteiger partial charge < -0.3 is 9.64 Å². The Morgan fingerprint density at radius 2 is 2.27 bits per heavy atom. The van der Waals surface area contributed by atoms with Crippen molar-refractivity contribution in [2.24, 2.45) is 5.92 Å². The van der Waals surface area contributed by atoms with E-state index in [0.29, 0.717) is 0 Å². The van der Waals surface area contributed by atoms with Crippen LogP contribution in [0.5, 0.6) is 0 Å². The van der Waals surface area contributed by atoms with E-state index in [1.807, 2.05) is 0 Å². The molecule has 1 aliphatic heterocycles. The van der Waals surface area contributed by atoms with Gasteiger partial charge in [-0.05, 0) is 25.8 Å². The first-order valence-corrected chi connectivity index (χ1v) is 4.47. The molecule has 66 valence electrons. The molecule has 0 amide bonds. The number of methoxy groups -OCH3 is 1. The normalized spacial score (nSPS) is 33.0. The lowest BCUT2D eigenvalue weighted by Gasteiger charge is -2.16. The highest BCUT2D eigenvalue weighted by Crippen LogP contribution is 2.23. The molecule has 0 aromatic heterocycles. The molecule has 0 spiro atoms. The predicted octanol–water partition coefficient (Wildman–Crippen LogP) is 1.36. The molecule has 0 aromatic carbocycles. The largest absolute Gasteiger partial charge is 0.384 e. The Balaban J connectivity index is 2.30. The molecule has 1 aliphatic rings. The zero-order valence-electron chi connectivity index (χ0n) is 7.84. The van der Waals surface area contributed by atoms with Gasteiger partial charge in [0, 0.05) is 19.7 Å². The van der Waals surface area contributed by atoms with Gasteiger partial charge in [0.05, 0.1) is 6.61 Å². The summed E-state index contributed by atoms with van der Waals surface area (Å²) < 4.78 is 5.14. The van der Waals surface area contributed by atoms with E-state index in [1.54, 1.807) is 7.11 Å². The Morgan fingerprint density at radius 1 is 1.55 bits per heavy atom. The molecule has 1 fully saturated rings. The van der Waals surface area contributed by atoms with Crippen LogP contribution in [0.3, 0.4) is 0 Å². The standard InChI is InChI=1S/C9H19NO/c1-4-9-5-8(7-11-3)6-10(9)2/h8-9H,4-7H2,1-3H3/t8?,9-/m1/s1. The fraction of sp³-hybridized carbons (Fsp3) is 1.00. The summed E-state index contributed by atoms with van der Waals surface area (Å²) in [6.45, 7) is 4.41. The van der Waals surface area contributed by atoms with Gasteiger partial charge in [-0.1, -0.05) is 6.92 Å². The van der Waals surface area contributed by atoms with Crippen LogP contribution in [0.25, 0.3) is 0 Å². The molecule has 0 bridgehead atoms. The topological polar surface area (TPSA) is 12.5 Å². The van der Waals surface area contributed by atoms with Gasteiger partial charge in [0.2, 0.25) is 0 Å². The van der Waals surface area contributed by atoms with Crippen molar-refractivity contribution in [2.45, 2.75) is 25.8 Å². The molecular formula is C9H19NO. The van der Waals surface area contributed by atoms with Crippen LogP contribution in [-0.2, 0) is 4.74 Å². The van der Waals surface area contributed by atoms with Crippen LogP contribution >= 0.6 is 0 Å². The minimum absolute atomic E-state index is 0.773. The molecule has 1 rings (SSSR count). The number of rotatable bonds is 3. The van der Waals surface area contributed by atoms with Gasteiger partial charge in [-0.25, -0.2) is 0 Å². The van der Waals surface area contributed by atoms with E-state index < -0.39 is 0 Å². The van der Waals surface area contributed by atoms with E-state index in [-0.39, 0.29) is 0 Å². The Kier molecular flexibility index (Phi) is 3.34. The van der Waals surface area contributed by atoms with E-state index in [9.17, 15) is 0 Å². The molecule has 1 saturated heterocycles. The molecule has 0 radical (unpaired) electrons. The van der Waals surface area contributed by atoms with Gasteiger partial charge in [0.15, 0.2) is 0 Å². The van der Waals surface area contributed by atoms with Gasteiger partial charge in [-0.3, -0.25) is 0 Å². The SMILES string of the molecule is CC[C@@H]1CC(COC)CN1C. The van der Waals surface area contributed by atoms with Crippen molar-refractivity contribution in [1.82, 2.24) is 4.90 Å². The van der Waals surface area contributed by atoms with Crippen LogP contribution in [0.15, 0.2) is 0 Å². The molecule has 2 nitrogen and oxygen atoms in total. The number of likely N-dealkylation sites (tertiary alicyclic amines) is 1. The fourth-order valence-electron chi connectivity index (χ4n) is 2.03. The van der Waals surface area contributed by atoms with E-state index in [2.05, 4.69) is 18.9 Å². The second-order valence-corrected chi connectivity index (χ2v) is 3.56. The lowest BCUT2D eigenvalue weighted by molar-refractivity contribution is 0.155. The molecule has 1 heterocycles. The molecule has 0 N–H and O–H groups in total. The molecular weight excluding hydrogens is 138 g/mol. The first-order chi connectivity index (χ1) is 5.27. The predicted molar refractivity (Wildman–Crippen MR) is 46.7 cm³/mol. The molecule has 0 saturated carbocycles. The summed E-state index contributed by atoms with van der Waals surface area (Å²) in [6.07, 6.45) is 2.59. The number of hydrogen-bond donors (Lipinski definition) is 0. The van der Waals surface area contributed by atoms with Gasteiger partial charge in [0.25, 0.3) is 0 Å². The molecule has 0 aliphatic carbocycles. The Hall–Kier alpha value is -0.0800. The highest BCUT2D eigenvalue weighted by molar-refractivity contribution is 4.81. The highest BCUT2D eigenvalue weighted by atomic mass is 16.5. The molecule has 1 unspecified atom stereocenters. The molecule has 2 atom stereocenters. The quantitative estimate of drug-likeness (QED) is 0.613. The number of ether oxygens (including phenoxy) is 1. The maximum absolute atomic E-state index is 5.14. The summed E-state index contributed by atoms with van der Waals surface area (Å²) in [5.41, 5.74) is 0. The highest BCUT2D eigenvalue weighted by Gasteiger charge is 2.27. The summed E-state index contributed by atoms with van der Waals surface area (Å²) in [5.74, 6) is 0.773. The van der Waals surface area contributed by atoms with E-state index in [0.717, 1.165) is 18.6 Å². The third-order valence-corrected chi connectivity index (χ3v) is 2.65. The second-order valence-electron chi connectivity index (χ2n) is 3.56. The number of nitrogens with zero attached hydrogens (tertiary/aromatic N) is 1. The van der Waals surface area contributed by atoms with Gasteiger partial charge >= 0.3 is 0 Å². The average molecular weight is 157 g/mol. The monoisotopic (exact) mass is 157 g/mol. The van der Waals surface area contributed by atoms with Crippen molar-refractivity contribution in [2.75, 3.05) is 27.3 Å². The first-order valence-electron chi connectivity index (χ1n) is 4.47. The third-order valence-electron chi connectivity index (χ3n) is 2.65. The lowest BCUT2D eigenvalue weighted by atomic mass is 10.1. The van der Waals surface area contributed by atoms with Gasteiger partial charge in [0.1, 0.15) is 0 Å². The minimum atomic E-state index is 0.773. The smallest absolute Gasteiger partial charge is 0.0503 e. The first kappa shape index (κ1) is 9.01. The van der Waals surface area contributed by atoms with E-state index in [1.165, 1.54) is 19.4 Å².